The van der Waals surface area contributed by atoms with Crippen molar-refractivity contribution in [1.82, 2.24) is 4.98 Å². The quantitative estimate of drug-likeness (QED) is 0.653. The number of benzene rings is 1. The summed E-state index contributed by atoms with van der Waals surface area (Å²) in [5.41, 5.74) is 4.87. The molecule has 5 heteroatoms. The minimum absolute atomic E-state index is 0.689. The number of methoxy groups -OCH3 is 2. The van der Waals surface area contributed by atoms with Crippen molar-refractivity contribution in [2.45, 2.75) is 13.3 Å². The Hall–Kier alpha value is -2.56. The molecule has 2 aromatic rings. The van der Waals surface area contributed by atoms with Gasteiger partial charge in [0.15, 0.2) is 11.5 Å². The Morgan fingerprint density at radius 3 is 2.57 bits per heavy atom. The molecule has 0 aliphatic carbocycles. The fourth-order valence-electron chi connectivity index (χ4n) is 1.92. The van der Waals surface area contributed by atoms with Gasteiger partial charge in [-0.3, -0.25) is 5.43 Å². The maximum absolute atomic E-state index is 5.32. The van der Waals surface area contributed by atoms with Crippen LogP contribution in [0.3, 0.4) is 0 Å². The Kier molecular flexibility index (Phi) is 5.15. The second-order valence-electron chi connectivity index (χ2n) is 4.31. The molecule has 1 aromatic heterocycles. The summed E-state index contributed by atoms with van der Waals surface area (Å²) < 4.78 is 10.6. The number of pyridine rings is 1. The van der Waals surface area contributed by atoms with Crippen molar-refractivity contribution in [2.75, 3.05) is 19.6 Å². The number of nitrogens with one attached hydrogen (secondary N) is 1. The molecule has 0 unspecified atom stereocenters. The van der Waals surface area contributed by atoms with E-state index in [2.05, 4.69) is 22.4 Å². The summed E-state index contributed by atoms with van der Waals surface area (Å²) in [6, 6.07) is 11.4. The largest absolute Gasteiger partial charge is 0.493 e. The SMILES string of the molecule is CC/C(=N\Nc1ccccn1)c1ccc(OC)c(OC)c1. The third-order valence-corrected chi connectivity index (χ3v) is 3.02. The molecule has 0 saturated carbocycles. The van der Waals surface area contributed by atoms with Crippen LogP contribution in [0.1, 0.15) is 18.9 Å². The van der Waals surface area contributed by atoms with Crippen LogP contribution in [0.25, 0.3) is 0 Å². The van der Waals surface area contributed by atoms with Gasteiger partial charge in [-0.2, -0.15) is 5.10 Å². The van der Waals surface area contributed by atoms with Crippen molar-refractivity contribution in [2.24, 2.45) is 5.10 Å². The molecule has 0 spiro atoms. The van der Waals surface area contributed by atoms with Gasteiger partial charge in [0.25, 0.3) is 0 Å². The van der Waals surface area contributed by atoms with Gasteiger partial charge in [0.1, 0.15) is 5.82 Å². The van der Waals surface area contributed by atoms with E-state index in [1.807, 2.05) is 36.4 Å². The van der Waals surface area contributed by atoms with Crippen LogP contribution in [0.4, 0.5) is 5.82 Å². The van der Waals surface area contributed by atoms with Crippen LogP contribution >= 0.6 is 0 Å². The second-order valence-corrected chi connectivity index (χ2v) is 4.31. The second kappa shape index (κ2) is 7.28. The predicted molar refractivity (Wildman–Crippen MR) is 84.2 cm³/mol. The fourth-order valence-corrected chi connectivity index (χ4v) is 1.92. The van der Waals surface area contributed by atoms with Crippen molar-refractivity contribution in [3.8, 4) is 11.5 Å². The average molecular weight is 285 g/mol. The highest BCUT2D eigenvalue weighted by Crippen LogP contribution is 2.28. The van der Waals surface area contributed by atoms with Crippen molar-refractivity contribution >= 4 is 11.5 Å². The van der Waals surface area contributed by atoms with Gasteiger partial charge in [-0.25, -0.2) is 4.98 Å². The van der Waals surface area contributed by atoms with Crippen LogP contribution < -0.4 is 14.9 Å². The van der Waals surface area contributed by atoms with Crippen LogP contribution in [0, 0.1) is 0 Å². The summed E-state index contributed by atoms with van der Waals surface area (Å²) >= 11 is 0. The van der Waals surface area contributed by atoms with Crippen molar-refractivity contribution in [1.29, 1.82) is 0 Å². The van der Waals surface area contributed by atoms with E-state index in [9.17, 15) is 0 Å². The van der Waals surface area contributed by atoms with Crippen molar-refractivity contribution in [3.63, 3.8) is 0 Å². The van der Waals surface area contributed by atoms with Crippen LogP contribution in [0.5, 0.6) is 11.5 Å². The Balaban J connectivity index is 2.24. The van der Waals surface area contributed by atoms with E-state index in [0.29, 0.717) is 17.3 Å². The van der Waals surface area contributed by atoms with E-state index in [4.69, 9.17) is 9.47 Å². The van der Waals surface area contributed by atoms with Gasteiger partial charge >= 0.3 is 0 Å². The Morgan fingerprint density at radius 2 is 1.95 bits per heavy atom. The Labute approximate surface area is 124 Å². The molecule has 1 aromatic carbocycles. The molecule has 1 heterocycles. The molecule has 0 fully saturated rings. The van der Waals surface area contributed by atoms with Gasteiger partial charge in [0.2, 0.25) is 0 Å². The predicted octanol–water partition coefficient (Wildman–Crippen LogP) is 3.33. The molecular weight excluding hydrogens is 266 g/mol. The fraction of sp³-hybridized carbons (Fsp3) is 0.250. The number of hydrogen-bond donors (Lipinski definition) is 1. The minimum Gasteiger partial charge on any atom is -0.493 e. The summed E-state index contributed by atoms with van der Waals surface area (Å²) in [5, 5.41) is 4.42. The lowest BCUT2D eigenvalue weighted by Crippen LogP contribution is -2.04. The first-order valence-electron chi connectivity index (χ1n) is 6.74. The monoisotopic (exact) mass is 285 g/mol. The lowest BCUT2D eigenvalue weighted by atomic mass is 10.1. The number of hydrazone groups is 1. The molecule has 5 nitrogen and oxygen atoms in total. The molecule has 0 bridgehead atoms. The average Bonchev–Trinajstić information content (AvgIpc) is 2.56. The zero-order valence-corrected chi connectivity index (χ0v) is 12.5. The third kappa shape index (κ3) is 3.72. The van der Waals surface area contributed by atoms with E-state index in [0.717, 1.165) is 17.7 Å². The summed E-state index contributed by atoms with van der Waals surface area (Å²) in [6.45, 7) is 2.05. The number of anilines is 1. The van der Waals surface area contributed by atoms with E-state index in [1.54, 1.807) is 20.4 Å². The molecule has 2 rings (SSSR count). The molecule has 1 N–H and O–H groups in total. The van der Waals surface area contributed by atoms with Gasteiger partial charge in [0.05, 0.1) is 19.9 Å². The van der Waals surface area contributed by atoms with Gasteiger partial charge in [-0.15, -0.1) is 0 Å². The van der Waals surface area contributed by atoms with Gasteiger partial charge < -0.3 is 9.47 Å². The molecule has 0 aliphatic rings. The number of rotatable bonds is 6. The van der Waals surface area contributed by atoms with Gasteiger partial charge in [-0.1, -0.05) is 13.0 Å². The van der Waals surface area contributed by atoms with E-state index in [1.165, 1.54) is 0 Å². The van der Waals surface area contributed by atoms with Crippen LogP contribution in [-0.2, 0) is 0 Å². The molecular formula is C16H19N3O2. The smallest absolute Gasteiger partial charge is 0.161 e. The highest BCUT2D eigenvalue weighted by atomic mass is 16.5. The number of nitrogens with zero attached hydrogens (tertiary/aromatic N) is 2. The van der Waals surface area contributed by atoms with Gasteiger partial charge in [0, 0.05) is 11.8 Å². The number of hydrogen-bond acceptors (Lipinski definition) is 5. The van der Waals surface area contributed by atoms with Crippen LogP contribution in [-0.4, -0.2) is 24.9 Å². The highest BCUT2D eigenvalue weighted by molar-refractivity contribution is 6.01. The van der Waals surface area contributed by atoms with Crippen LogP contribution in [0.15, 0.2) is 47.7 Å². The van der Waals surface area contributed by atoms with Crippen molar-refractivity contribution < 1.29 is 9.47 Å². The van der Waals surface area contributed by atoms with Crippen LogP contribution in [0.2, 0.25) is 0 Å². The molecule has 0 atom stereocenters. The highest BCUT2D eigenvalue weighted by Gasteiger charge is 2.08. The number of ether oxygens (including phenoxy) is 2. The first-order chi connectivity index (χ1) is 10.3. The maximum atomic E-state index is 5.32. The number of aromatic nitrogens is 1. The maximum Gasteiger partial charge on any atom is 0.161 e. The molecule has 0 saturated heterocycles. The van der Waals surface area contributed by atoms with E-state index < -0.39 is 0 Å². The summed E-state index contributed by atoms with van der Waals surface area (Å²) in [7, 11) is 3.24. The molecule has 0 radical (unpaired) electrons. The topological polar surface area (TPSA) is 55.7 Å². The van der Waals surface area contributed by atoms with E-state index >= 15 is 0 Å². The summed E-state index contributed by atoms with van der Waals surface area (Å²) in [6.07, 6.45) is 2.51. The first-order valence-corrected chi connectivity index (χ1v) is 6.74. The molecule has 0 aliphatic heterocycles. The zero-order chi connectivity index (χ0) is 15.1. The molecule has 21 heavy (non-hydrogen) atoms. The summed E-state index contributed by atoms with van der Waals surface area (Å²) in [5.74, 6) is 2.10. The standard InChI is InChI=1S/C16H19N3O2/c1-4-13(18-19-16-7-5-6-10-17-16)12-8-9-14(20-2)15(11-12)21-3/h5-11H,4H2,1-3H3,(H,17,19)/b18-13+. The van der Waals surface area contributed by atoms with Gasteiger partial charge in [-0.05, 0) is 36.8 Å². The minimum atomic E-state index is 0.689. The normalized spacial score (nSPS) is 11.1. The molecule has 110 valence electrons. The third-order valence-electron chi connectivity index (χ3n) is 3.02. The Bertz CT molecular complexity index is 612. The molecule has 0 amide bonds. The lowest BCUT2D eigenvalue weighted by molar-refractivity contribution is 0.355. The zero-order valence-electron chi connectivity index (χ0n) is 12.5. The summed E-state index contributed by atoms with van der Waals surface area (Å²) in [4.78, 5) is 4.18. The lowest BCUT2D eigenvalue weighted by Gasteiger charge is -2.10. The van der Waals surface area contributed by atoms with Crippen molar-refractivity contribution in [3.05, 3.63) is 48.2 Å². The van der Waals surface area contributed by atoms with E-state index in [-0.39, 0.29) is 0 Å². The first kappa shape index (κ1) is 14.8. The Morgan fingerprint density at radius 1 is 1.14 bits per heavy atom.